The molecule has 0 amide bonds. The molecule has 2 saturated heterocycles. The Balaban J connectivity index is 1.49. The van der Waals surface area contributed by atoms with E-state index in [2.05, 4.69) is 0 Å². The standard InChI is InChI=1S/C27H30O17/c28-6-14-17(34)19(36)21(38)26(41-14)43-24-15(7-29)42-27(22(39)20(24)37)44-25-18(35)16-12(33)4-9(30)5-13(16)40-23(25)8-1-2-10(31)11(32)3-8/h1-5,14-15,17,19-22,24,26-34,36-39H,6-7H2/t14?,15?,17-,19?,20?,21-,22?,24-,26+,27+/m1/s1. The maximum Gasteiger partial charge on any atom is 0.239 e. The molecular weight excluding hydrogens is 596 g/mol. The number of hydrogen-bond donors (Lipinski definition) is 11. The highest BCUT2D eigenvalue weighted by molar-refractivity contribution is 5.88. The summed E-state index contributed by atoms with van der Waals surface area (Å²) >= 11 is 0. The zero-order chi connectivity index (χ0) is 32.0. The minimum absolute atomic E-state index is 0.0504. The van der Waals surface area contributed by atoms with Crippen molar-refractivity contribution in [2.75, 3.05) is 13.2 Å². The third-order valence-electron chi connectivity index (χ3n) is 7.35. The monoisotopic (exact) mass is 626 g/mol. The molecule has 17 nitrogen and oxygen atoms in total. The maximum absolute atomic E-state index is 13.6. The van der Waals surface area contributed by atoms with Crippen LogP contribution in [0, 0.1) is 0 Å². The van der Waals surface area contributed by atoms with E-state index >= 15 is 0 Å². The van der Waals surface area contributed by atoms with Crippen molar-refractivity contribution in [2.24, 2.45) is 0 Å². The van der Waals surface area contributed by atoms with E-state index in [-0.39, 0.29) is 11.1 Å². The van der Waals surface area contributed by atoms with Crippen molar-refractivity contribution in [3.8, 4) is 40.1 Å². The zero-order valence-electron chi connectivity index (χ0n) is 22.4. The van der Waals surface area contributed by atoms with Gasteiger partial charge in [-0.3, -0.25) is 4.79 Å². The Bertz CT molecular complexity index is 1550. The molecule has 17 heteroatoms. The fourth-order valence-corrected chi connectivity index (χ4v) is 5.00. The third kappa shape index (κ3) is 5.61. The number of phenolic OH excluding ortho intramolecular Hbond substituents is 4. The molecule has 10 atom stereocenters. The SMILES string of the molecule is O=c1c(O[C@@H]2OC(CO)[C@@H](O[C@@H]3OC(CO)[C@@H](O)C(O)[C@H]3O)C(O)C2O)c(-c2ccc(O)c(O)c2)oc2cc(O)cc(O)c12. The lowest BCUT2D eigenvalue weighted by Gasteiger charge is -2.45. The Morgan fingerprint density at radius 1 is 0.705 bits per heavy atom. The van der Waals surface area contributed by atoms with Gasteiger partial charge in [0.15, 0.2) is 23.5 Å². The van der Waals surface area contributed by atoms with Crippen LogP contribution in [0.1, 0.15) is 0 Å². The van der Waals surface area contributed by atoms with Crippen molar-refractivity contribution >= 4 is 11.0 Å². The molecule has 0 saturated carbocycles. The topological polar surface area (TPSA) is 290 Å². The van der Waals surface area contributed by atoms with Crippen LogP contribution in [0.3, 0.4) is 0 Å². The molecule has 11 N–H and O–H groups in total. The first-order valence-corrected chi connectivity index (χ1v) is 13.2. The summed E-state index contributed by atoms with van der Waals surface area (Å²) in [6, 6.07) is 5.17. The quantitative estimate of drug-likeness (QED) is 0.119. The summed E-state index contributed by atoms with van der Waals surface area (Å²) in [5.74, 6) is -3.44. The first-order chi connectivity index (χ1) is 20.9. The van der Waals surface area contributed by atoms with Crippen molar-refractivity contribution < 1.29 is 79.5 Å². The number of rotatable bonds is 7. The fraction of sp³-hybridized carbons (Fsp3) is 0.444. The van der Waals surface area contributed by atoms with Gasteiger partial charge in [0.25, 0.3) is 0 Å². The molecule has 0 bridgehead atoms. The van der Waals surface area contributed by atoms with E-state index in [4.69, 9.17) is 23.4 Å². The minimum Gasteiger partial charge on any atom is -0.508 e. The molecule has 3 aromatic rings. The van der Waals surface area contributed by atoms with E-state index in [9.17, 15) is 61.0 Å². The van der Waals surface area contributed by atoms with E-state index in [0.717, 1.165) is 24.3 Å². The van der Waals surface area contributed by atoms with Gasteiger partial charge in [0, 0.05) is 17.7 Å². The molecule has 5 unspecified atom stereocenters. The number of phenols is 4. The second-order valence-electron chi connectivity index (χ2n) is 10.3. The molecule has 2 aliphatic heterocycles. The van der Waals surface area contributed by atoms with E-state index in [1.54, 1.807) is 0 Å². The van der Waals surface area contributed by atoms with Crippen molar-refractivity contribution in [2.45, 2.75) is 61.4 Å². The number of benzene rings is 2. The van der Waals surface area contributed by atoms with Gasteiger partial charge in [-0.1, -0.05) is 0 Å². The molecular formula is C27H30O17. The summed E-state index contributed by atoms with van der Waals surface area (Å²) in [6.07, 6.45) is -17.7. The number of ether oxygens (including phenoxy) is 4. The van der Waals surface area contributed by atoms with Crippen LogP contribution in [0.5, 0.6) is 28.7 Å². The van der Waals surface area contributed by atoms with Crippen molar-refractivity contribution in [3.05, 3.63) is 40.6 Å². The zero-order valence-corrected chi connectivity index (χ0v) is 22.4. The molecule has 5 rings (SSSR count). The molecule has 0 spiro atoms. The van der Waals surface area contributed by atoms with Gasteiger partial charge in [-0.25, -0.2) is 0 Å². The number of aliphatic hydroxyl groups is 7. The maximum atomic E-state index is 13.6. The number of fused-ring (bicyclic) bond motifs is 1. The Morgan fingerprint density at radius 3 is 2.02 bits per heavy atom. The number of aromatic hydroxyl groups is 4. The van der Waals surface area contributed by atoms with E-state index in [0.29, 0.717) is 0 Å². The van der Waals surface area contributed by atoms with Gasteiger partial charge in [-0.15, -0.1) is 0 Å². The van der Waals surface area contributed by atoms with Crippen LogP contribution < -0.4 is 10.2 Å². The lowest BCUT2D eigenvalue weighted by atomic mass is 9.97. The lowest BCUT2D eigenvalue weighted by Crippen LogP contribution is -2.65. The first-order valence-electron chi connectivity index (χ1n) is 13.2. The van der Waals surface area contributed by atoms with E-state index in [1.807, 2.05) is 0 Å². The van der Waals surface area contributed by atoms with Crippen LogP contribution in [-0.2, 0) is 14.2 Å². The van der Waals surface area contributed by atoms with Crippen LogP contribution in [0.2, 0.25) is 0 Å². The molecule has 2 aromatic carbocycles. The second-order valence-corrected chi connectivity index (χ2v) is 10.3. The van der Waals surface area contributed by atoms with Crippen molar-refractivity contribution in [1.29, 1.82) is 0 Å². The summed E-state index contributed by atoms with van der Waals surface area (Å²) in [6.45, 7) is -1.67. The highest BCUT2D eigenvalue weighted by atomic mass is 16.7. The summed E-state index contributed by atoms with van der Waals surface area (Å²) < 4.78 is 27.8. The van der Waals surface area contributed by atoms with Crippen LogP contribution in [-0.4, -0.2) is 131 Å². The Morgan fingerprint density at radius 2 is 1.36 bits per heavy atom. The summed E-state index contributed by atoms with van der Waals surface area (Å²) in [7, 11) is 0. The predicted molar refractivity (Wildman–Crippen MR) is 142 cm³/mol. The van der Waals surface area contributed by atoms with E-state index < -0.39 is 120 Å². The molecule has 0 radical (unpaired) electrons. The van der Waals surface area contributed by atoms with Crippen LogP contribution >= 0.6 is 0 Å². The largest absolute Gasteiger partial charge is 0.508 e. The lowest BCUT2D eigenvalue weighted by molar-refractivity contribution is -0.352. The Kier molecular flexibility index (Phi) is 8.87. The first kappa shape index (κ1) is 31.7. The smallest absolute Gasteiger partial charge is 0.239 e. The molecule has 44 heavy (non-hydrogen) atoms. The van der Waals surface area contributed by atoms with Crippen LogP contribution in [0.4, 0.5) is 0 Å². The molecule has 0 aliphatic carbocycles. The van der Waals surface area contributed by atoms with Crippen LogP contribution in [0.25, 0.3) is 22.3 Å². The second kappa shape index (κ2) is 12.3. The van der Waals surface area contributed by atoms with Gasteiger partial charge in [-0.05, 0) is 18.2 Å². The highest BCUT2D eigenvalue weighted by Crippen LogP contribution is 2.39. The number of aliphatic hydroxyl groups excluding tert-OH is 7. The van der Waals surface area contributed by atoms with Crippen LogP contribution in [0.15, 0.2) is 39.5 Å². The fourth-order valence-electron chi connectivity index (χ4n) is 5.00. The van der Waals surface area contributed by atoms with Gasteiger partial charge in [0.2, 0.25) is 17.5 Å². The summed E-state index contributed by atoms with van der Waals surface area (Å²) in [4.78, 5) is 13.6. The van der Waals surface area contributed by atoms with Gasteiger partial charge in [-0.2, -0.15) is 0 Å². The van der Waals surface area contributed by atoms with Crippen molar-refractivity contribution in [3.63, 3.8) is 0 Å². The molecule has 2 fully saturated rings. The van der Waals surface area contributed by atoms with Crippen molar-refractivity contribution in [1.82, 2.24) is 0 Å². The predicted octanol–water partition coefficient (Wildman–Crippen LogP) is -2.71. The van der Waals surface area contributed by atoms with Gasteiger partial charge in [0.1, 0.15) is 71.3 Å². The minimum atomic E-state index is -2.04. The summed E-state index contributed by atoms with van der Waals surface area (Å²) in [5.41, 5.74) is -1.41. The molecule has 3 heterocycles. The molecule has 240 valence electrons. The molecule has 1 aromatic heterocycles. The average molecular weight is 627 g/mol. The number of hydrogen-bond acceptors (Lipinski definition) is 17. The highest BCUT2D eigenvalue weighted by Gasteiger charge is 2.51. The Labute approximate surface area is 246 Å². The molecule has 2 aliphatic rings. The summed E-state index contributed by atoms with van der Waals surface area (Å²) in [5, 5.41) is 111. The van der Waals surface area contributed by atoms with E-state index in [1.165, 1.54) is 6.07 Å². The average Bonchev–Trinajstić information content (AvgIpc) is 2.98. The van der Waals surface area contributed by atoms with Gasteiger partial charge in [0.05, 0.1) is 13.2 Å². The van der Waals surface area contributed by atoms with Gasteiger partial charge >= 0.3 is 0 Å². The normalized spacial score (nSPS) is 32.5. The Hall–Kier alpha value is -3.75. The van der Waals surface area contributed by atoms with Gasteiger partial charge < -0.3 is 79.5 Å². The third-order valence-corrected chi connectivity index (χ3v) is 7.35.